The Labute approximate surface area is 109 Å². The van der Waals surface area contributed by atoms with Crippen LogP contribution in [0.2, 0.25) is 0 Å². The molecule has 4 nitrogen and oxygen atoms in total. The summed E-state index contributed by atoms with van der Waals surface area (Å²) in [4.78, 5) is 6.87. The zero-order valence-corrected chi connectivity index (χ0v) is 9.76. The molecule has 3 aromatic rings. The van der Waals surface area contributed by atoms with Crippen LogP contribution in [0.25, 0.3) is 16.7 Å². The van der Waals surface area contributed by atoms with Crippen molar-refractivity contribution in [1.82, 2.24) is 19.7 Å². The highest BCUT2D eigenvalue weighted by molar-refractivity contribution is 5.85. The van der Waals surface area contributed by atoms with Crippen LogP contribution >= 0.6 is 0 Å². The van der Waals surface area contributed by atoms with E-state index in [2.05, 4.69) is 15.1 Å². The lowest BCUT2D eigenvalue weighted by atomic mass is 10.2. The second-order valence-corrected chi connectivity index (χ2v) is 3.98. The van der Waals surface area contributed by atoms with Crippen LogP contribution in [-0.4, -0.2) is 19.7 Å². The van der Waals surface area contributed by atoms with Gasteiger partial charge < -0.3 is 0 Å². The van der Waals surface area contributed by atoms with E-state index in [0.717, 1.165) is 16.8 Å². The van der Waals surface area contributed by atoms with Crippen molar-refractivity contribution in [3.8, 4) is 5.82 Å². The van der Waals surface area contributed by atoms with Crippen molar-refractivity contribution in [2.24, 2.45) is 0 Å². The van der Waals surface area contributed by atoms with Gasteiger partial charge in [0, 0.05) is 17.8 Å². The largest absolute Gasteiger partial charge is 0.451 e. The molecular weight excluding hydrogens is 276 g/mol. The minimum Gasteiger partial charge on any atom is -0.224 e. The van der Waals surface area contributed by atoms with Gasteiger partial charge in [-0.05, 0) is 24.3 Å². The van der Waals surface area contributed by atoms with Gasteiger partial charge in [-0.1, -0.05) is 0 Å². The summed E-state index contributed by atoms with van der Waals surface area (Å²) >= 11 is 0. The Morgan fingerprint density at radius 2 is 1.90 bits per heavy atom. The third-order valence-electron chi connectivity index (χ3n) is 2.61. The maximum absolute atomic E-state index is 13.3. The molecule has 0 aliphatic rings. The smallest absolute Gasteiger partial charge is 0.224 e. The van der Waals surface area contributed by atoms with Gasteiger partial charge in [-0.15, -0.1) is 0 Å². The van der Waals surface area contributed by atoms with E-state index in [1.807, 2.05) is 0 Å². The molecule has 0 saturated heterocycles. The molecule has 0 spiro atoms. The fourth-order valence-corrected chi connectivity index (χ4v) is 1.78. The molecule has 0 aliphatic heterocycles. The number of halogens is 4. The number of fused-ring (bicyclic) bond motifs is 1. The van der Waals surface area contributed by atoms with E-state index in [9.17, 15) is 17.6 Å². The first-order valence-corrected chi connectivity index (χ1v) is 5.50. The molecule has 2 heterocycles. The van der Waals surface area contributed by atoms with Gasteiger partial charge in [0.2, 0.25) is 5.82 Å². The molecule has 0 unspecified atom stereocenters. The van der Waals surface area contributed by atoms with Crippen molar-refractivity contribution in [2.75, 3.05) is 0 Å². The summed E-state index contributed by atoms with van der Waals surface area (Å²) in [5, 5.41) is 3.98. The number of nitrogens with zero attached hydrogens (tertiary/aromatic N) is 4. The highest BCUT2D eigenvalue weighted by atomic mass is 19.4. The molecule has 0 amide bonds. The van der Waals surface area contributed by atoms with Gasteiger partial charge >= 0.3 is 6.18 Å². The lowest BCUT2D eigenvalue weighted by Gasteiger charge is -2.10. The average molecular weight is 282 g/mol. The second kappa shape index (κ2) is 4.26. The van der Waals surface area contributed by atoms with Gasteiger partial charge in [0.1, 0.15) is 5.82 Å². The molecule has 3 rings (SSSR count). The molecule has 0 radical (unpaired) electrons. The Bertz CT molecular complexity index is 765. The predicted molar refractivity (Wildman–Crippen MR) is 61.6 cm³/mol. The Morgan fingerprint density at radius 1 is 1.10 bits per heavy atom. The van der Waals surface area contributed by atoms with Gasteiger partial charge in [0.15, 0.2) is 5.82 Å². The van der Waals surface area contributed by atoms with Crippen LogP contribution in [0.3, 0.4) is 0 Å². The zero-order chi connectivity index (χ0) is 14.3. The lowest BCUT2D eigenvalue weighted by molar-refractivity contribution is -0.144. The Hall–Kier alpha value is -2.51. The summed E-state index contributed by atoms with van der Waals surface area (Å²) in [7, 11) is 0. The maximum Gasteiger partial charge on any atom is 0.451 e. The summed E-state index contributed by atoms with van der Waals surface area (Å²) in [5.41, 5.74) is -0.000718. The van der Waals surface area contributed by atoms with Gasteiger partial charge in [0.05, 0.1) is 5.52 Å². The van der Waals surface area contributed by atoms with E-state index in [0.29, 0.717) is 0 Å². The van der Waals surface area contributed by atoms with E-state index in [4.69, 9.17) is 0 Å². The summed E-state index contributed by atoms with van der Waals surface area (Å²) in [6.45, 7) is 0. The molecule has 2 aromatic heterocycles. The number of alkyl halides is 3. The van der Waals surface area contributed by atoms with Crippen molar-refractivity contribution in [3.05, 3.63) is 48.3 Å². The van der Waals surface area contributed by atoms with Crippen molar-refractivity contribution >= 4 is 10.9 Å². The minimum absolute atomic E-state index is 0.000718. The molecule has 0 fully saturated rings. The Morgan fingerprint density at radius 3 is 2.55 bits per heavy atom. The summed E-state index contributed by atoms with van der Waals surface area (Å²) in [6, 6.07) is 4.82. The molecule has 0 bridgehead atoms. The summed E-state index contributed by atoms with van der Waals surface area (Å²) in [5.74, 6) is -2.00. The van der Waals surface area contributed by atoms with Crippen molar-refractivity contribution in [3.63, 3.8) is 0 Å². The summed E-state index contributed by atoms with van der Waals surface area (Å²) in [6.07, 6.45) is -1.88. The first-order chi connectivity index (χ1) is 9.45. The normalized spacial score (nSPS) is 12.0. The van der Waals surface area contributed by atoms with Crippen LogP contribution < -0.4 is 0 Å². The topological polar surface area (TPSA) is 43.6 Å². The van der Waals surface area contributed by atoms with Gasteiger partial charge in [-0.25, -0.2) is 19.0 Å². The van der Waals surface area contributed by atoms with E-state index in [1.165, 1.54) is 24.5 Å². The van der Waals surface area contributed by atoms with Gasteiger partial charge in [-0.2, -0.15) is 18.3 Å². The lowest BCUT2D eigenvalue weighted by Crippen LogP contribution is -2.14. The minimum atomic E-state index is -4.69. The van der Waals surface area contributed by atoms with Crippen molar-refractivity contribution in [1.29, 1.82) is 0 Å². The Kier molecular flexibility index (Phi) is 2.66. The second-order valence-electron chi connectivity index (χ2n) is 3.98. The highest BCUT2D eigenvalue weighted by Crippen LogP contribution is 2.29. The molecule has 0 atom stereocenters. The molecule has 0 aliphatic carbocycles. The van der Waals surface area contributed by atoms with E-state index >= 15 is 0 Å². The van der Waals surface area contributed by atoms with Gasteiger partial charge in [-0.3, -0.25) is 0 Å². The number of aromatic nitrogens is 4. The third-order valence-corrected chi connectivity index (χ3v) is 2.61. The summed E-state index contributed by atoms with van der Waals surface area (Å²) < 4.78 is 52.8. The first kappa shape index (κ1) is 12.5. The quantitative estimate of drug-likeness (QED) is 0.644. The highest BCUT2D eigenvalue weighted by Gasteiger charge is 2.35. The van der Waals surface area contributed by atoms with Crippen LogP contribution in [0.4, 0.5) is 17.6 Å². The molecular formula is C12H6F4N4. The molecule has 0 N–H and O–H groups in total. The fourth-order valence-electron chi connectivity index (χ4n) is 1.78. The van der Waals surface area contributed by atoms with Gasteiger partial charge in [0.25, 0.3) is 0 Å². The monoisotopic (exact) mass is 282 g/mol. The first-order valence-electron chi connectivity index (χ1n) is 5.50. The van der Waals surface area contributed by atoms with E-state index < -0.39 is 17.8 Å². The number of benzene rings is 1. The predicted octanol–water partition coefficient (Wildman–Crippen LogP) is 2.97. The molecule has 102 valence electrons. The number of hydrogen-bond acceptors (Lipinski definition) is 3. The fraction of sp³-hybridized carbons (Fsp3) is 0.0833. The third kappa shape index (κ3) is 2.09. The van der Waals surface area contributed by atoms with Crippen LogP contribution in [0, 0.1) is 5.82 Å². The van der Waals surface area contributed by atoms with Crippen LogP contribution in [-0.2, 0) is 6.18 Å². The van der Waals surface area contributed by atoms with E-state index in [-0.39, 0.29) is 16.7 Å². The van der Waals surface area contributed by atoms with Crippen LogP contribution in [0.5, 0.6) is 0 Å². The van der Waals surface area contributed by atoms with Crippen molar-refractivity contribution < 1.29 is 17.6 Å². The SMILES string of the molecule is Fc1ccc2nc(C(F)(F)F)nc(-n3cccn3)c2c1. The molecule has 20 heavy (non-hydrogen) atoms. The zero-order valence-electron chi connectivity index (χ0n) is 9.76. The van der Waals surface area contributed by atoms with Crippen LogP contribution in [0.15, 0.2) is 36.7 Å². The molecule has 1 aromatic carbocycles. The maximum atomic E-state index is 13.3. The number of rotatable bonds is 1. The molecule has 8 heteroatoms. The Balaban J connectivity index is 2.37. The van der Waals surface area contributed by atoms with Crippen LogP contribution in [0.1, 0.15) is 5.82 Å². The van der Waals surface area contributed by atoms with Crippen molar-refractivity contribution in [2.45, 2.75) is 6.18 Å². The average Bonchev–Trinajstić information content (AvgIpc) is 2.90. The number of hydrogen-bond donors (Lipinski definition) is 0. The standard InChI is InChI=1S/C12H6F4N4/c13-7-2-3-9-8(6-7)10(20-5-1-4-17-20)19-11(18-9)12(14,15)16/h1-6H. The molecule has 0 saturated carbocycles. The van der Waals surface area contributed by atoms with E-state index in [1.54, 1.807) is 0 Å².